The molecule has 0 unspecified atom stereocenters. The van der Waals surface area contributed by atoms with Crippen LogP contribution in [0, 0.1) is 11.3 Å². The fraction of sp³-hybridized carbons (Fsp3) is 0.231. The molecule has 0 aromatic heterocycles. The third kappa shape index (κ3) is 4.19. The molecule has 106 valence electrons. The van der Waals surface area contributed by atoms with Crippen molar-refractivity contribution in [3.8, 4) is 6.07 Å². The number of carbonyl (C=O) groups is 1. The van der Waals surface area contributed by atoms with E-state index in [9.17, 15) is 13.2 Å². The van der Waals surface area contributed by atoms with Crippen molar-refractivity contribution in [1.29, 1.82) is 5.26 Å². The molecule has 1 aromatic carbocycles. The average molecular weight is 294 g/mol. The lowest BCUT2D eigenvalue weighted by Crippen LogP contribution is -2.27. The van der Waals surface area contributed by atoms with Gasteiger partial charge in [0, 0.05) is 26.1 Å². The topological polar surface area (TPSA) is 98.5 Å². The van der Waals surface area contributed by atoms with Crippen molar-refractivity contribution in [3.63, 3.8) is 0 Å². The Morgan fingerprint density at radius 2 is 2.00 bits per heavy atom. The van der Waals surface area contributed by atoms with Crippen LogP contribution in [0.5, 0.6) is 0 Å². The number of carboxylic acid groups (broad SMARTS) is 1. The molecule has 0 spiro atoms. The van der Waals surface area contributed by atoms with Crippen LogP contribution in [-0.2, 0) is 14.8 Å². The third-order valence-electron chi connectivity index (χ3n) is 2.55. The molecule has 0 radical (unpaired) electrons. The second-order valence-corrected chi connectivity index (χ2v) is 6.02. The standard InChI is InChI=1S/C13H14N2O4S/c1-15(10-2-9-14)20(18,19)12-6-3-11(4-7-12)5-8-13(16)17/h3-8H,2,10H2,1H3,(H,16,17)/b8-5+. The monoisotopic (exact) mass is 294 g/mol. The summed E-state index contributed by atoms with van der Waals surface area (Å²) in [6.45, 7) is 0.125. The molecule has 0 saturated carbocycles. The predicted molar refractivity (Wildman–Crippen MR) is 73.2 cm³/mol. The third-order valence-corrected chi connectivity index (χ3v) is 4.42. The summed E-state index contributed by atoms with van der Waals surface area (Å²) >= 11 is 0. The van der Waals surface area contributed by atoms with E-state index >= 15 is 0 Å². The minimum Gasteiger partial charge on any atom is -0.478 e. The number of rotatable bonds is 6. The van der Waals surface area contributed by atoms with Gasteiger partial charge in [-0.15, -0.1) is 0 Å². The molecule has 0 heterocycles. The molecule has 0 amide bonds. The molecule has 0 aliphatic rings. The van der Waals surface area contributed by atoms with Gasteiger partial charge in [0.2, 0.25) is 10.0 Å². The van der Waals surface area contributed by atoms with Gasteiger partial charge in [-0.1, -0.05) is 12.1 Å². The summed E-state index contributed by atoms with van der Waals surface area (Å²) in [5, 5.41) is 17.0. The zero-order valence-corrected chi connectivity index (χ0v) is 11.7. The second kappa shape index (κ2) is 6.84. The van der Waals surface area contributed by atoms with Gasteiger partial charge >= 0.3 is 5.97 Å². The Labute approximate surface area is 117 Å². The molecule has 0 aliphatic carbocycles. The number of sulfonamides is 1. The van der Waals surface area contributed by atoms with Gasteiger partial charge in [-0.3, -0.25) is 0 Å². The van der Waals surface area contributed by atoms with Gasteiger partial charge < -0.3 is 5.11 Å². The van der Waals surface area contributed by atoms with E-state index in [1.807, 2.05) is 6.07 Å². The van der Waals surface area contributed by atoms with Crippen LogP contribution in [0.25, 0.3) is 6.08 Å². The molecule has 1 rings (SSSR count). The molecular weight excluding hydrogens is 280 g/mol. The van der Waals surface area contributed by atoms with Crippen LogP contribution < -0.4 is 0 Å². The molecule has 0 aliphatic heterocycles. The SMILES string of the molecule is CN(CCC#N)S(=O)(=O)c1ccc(/C=C/C(=O)O)cc1. The molecule has 0 atom stereocenters. The Kier molecular flexibility index (Phi) is 5.43. The largest absolute Gasteiger partial charge is 0.478 e. The summed E-state index contributed by atoms with van der Waals surface area (Å²) in [7, 11) is -2.21. The van der Waals surface area contributed by atoms with Gasteiger partial charge in [0.1, 0.15) is 0 Å². The normalized spacial score (nSPS) is 11.7. The molecule has 1 aromatic rings. The quantitative estimate of drug-likeness (QED) is 0.798. The highest BCUT2D eigenvalue weighted by Crippen LogP contribution is 2.16. The highest BCUT2D eigenvalue weighted by atomic mass is 32.2. The number of nitriles is 1. The molecule has 0 saturated heterocycles. The number of nitrogens with zero attached hydrogens (tertiary/aromatic N) is 2. The van der Waals surface area contributed by atoms with Crippen LogP contribution in [0.2, 0.25) is 0 Å². The van der Waals surface area contributed by atoms with Gasteiger partial charge in [0.05, 0.1) is 11.0 Å². The fourth-order valence-corrected chi connectivity index (χ4v) is 2.60. The Balaban J connectivity index is 2.92. The lowest BCUT2D eigenvalue weighted by molar-refractivity contribution is -0.131. The van der Waals surface area contributed by atoms with Gasteiger partial charge in [0.25, 0.3) is 0 Å². The maximum absolute atomic E-state index is 12.1. The lowest BCUT2D eigenvalue weighted by Gasteiger charge is -2.15. The van der Waals surface area contributed by atoms with E-state index in [2.05, 4.69) is 0 Å². The minimum absolute atomic E-state index is 0.102. The van der Waals surface area contributed by atoms with E-state index in [1.165, 1.54) is 37.4 Å². The Morgan fingerprint density at radius 1 is 1.40 bits per heavy atom. The maximum Gasteiger partial charge on any atom is 0.328 e. The van der Waals surface area contributed by atoms with E-state index in [0.29, 0.717) is 5.56 Å². The Morgan fingerprint density at radius 3 is 2.50 bits per heavy atom. The lowest BCUT2D eigenvalue weighted by atomic mass is 10.2. The number of aliphatic carboxylic acids is 1. The molecule has 20 heavy (non-hydrogen) atoms. The first-order valence-corrected chi connectivity index (χ1v) is 7.16. The van der Waals surface area contributed by atoms with Crippen LogP contribution in [-0.4, -0.2) is 37.4 Å². The minimum atomic E-state index is -3.62. The van der Waals surface area contributed by atoms with Crippen molar-refractivity contribution in [1.82, 2.24) is 4.31 Å². The summed E-state index contributed by atoms with van der Waals surface area (Å²) in [4.78, 5) is 10.5. The average Bonchev–Trinajstić information content (AvgIpc) is 2.42. The Hall–Kier alpha value is -2.17. The van der Waals surface area contributed by atoms with Crippen LogP contribution in [0.4, 0.5) is 0 Å². The maximum atomic E-state index is 12.1. The number of benzene rings is 1. The van der Waals surface area contributed by atoms with Crippen molar-refractivity contribution in [2.45, 2.75) is 11.3 Å². The zero-order chi connectivity index (χ0) is 15.2. The van der Waals surface area contributed by atoms with Gasteiger partial charge in [0.15, 0.2) is 0 Å². The van der Waals surface area contributed by atoms with Crippen molar-refractivity contribution < 1.29 is 18.3 Å². The van der Waals surface area contributed by atoms with E-state index in [4.69, 9.17) is 10.4 Å². The molecule has 0 bridgehead atoms. The molecule has 6 nitrogen and oxygen atoms in total. The van der Waals surface area contributed by atoms with Crippen LogP contribution in [0.15, 0.2) is 35.2 Å². The summed E-state index contributed by atoms with van der Waals surface area (Å²) < 4.78 is 25.3. The number of hydrogen-bond acceptors (Lipinski definition) is 4. The summed E-state index contributed by atoms with van der Waals surface area (Å²) in [6.07, 6.45) is 2.47. The van der Waals surface area contributed by atoms with Crippen molar-refractivity contribution in [2.75, 3.05) is 13.6 Å². The van der Waals surface area contributed by atoms with Gasteiger partial charge in [-0.05, 0) is 23.8 Å². The van der Waals surface area contributed by atoms with E-state index in [0.717, 1.165) is 10.4 Å². The van der Waals surface area contributed by atoms with E-state index in [1.54, 1.807) is 0 Å². The highest BCUT2D eigenvalue weighted by Gasteiger charge is 2.19. The summed E-state index contributed by atoms with van der Waals surface area (Å²) in [5.41, 5.74) is 0.589. The van der Waals surface area contributed by atoms with Gasteiger partial charge in [-0.2, -0.15) is 9.57 Å². The summed E-state index contributed by atoms with van der Waals surface area (Å²) in [5.74, 6) is -1.07. The molecular formula is C13H14N2O4S. The Bertz CT molecular complexity index is 642. The van der Waals surface area contributed by atoms with E-state index in [-0.39, 0.29) is 17.9 Å². The smallest absolute Gasteiger partial charge is 0.328 e. The molecule has 0 fully saturated rings. The van der Waals surface area contributed by atoms with Crippen molar-refractivity contribution in [3.05, 3.63) is 35.9 Å². The number of carboxylic acids is 1. The predicted octanol–water partition coefficient (Wildman–Crippen LogP) is 1.32. The number of hydrogen-bond donors (Lipinski definition) is 1. The zero-order valence-electron chi connectivity index (χ0n) is 10.9. The van der Waals surface area contributed by atoms with Crippen molar-refractivity contribution in [2.24, 2.45) is 0 Å². The van der Waals surface area contributed by atoms with Crippen LogP contribution in [0.1, 0.15) is 12.0 Å². The molecule has 7 heteroatoms. The first kappa shape index (κ1) is 15.9. The second-order valence-electron chi connectivity index (χ2n) is 3.98. The highest BCUT2D eigenvalue weighted by molar-refractivity contribution is 7.89. The first-order valence-electron chi connectivity index (χ1n) is 5.72. The van der Waals surface area contributed by atoms with Gasteiger partial charge in [-0.25, -0.2) is 13.2 Å². The fourth-order valence-electron chi connectivity index (χ4n) is 1.43. The summed E-state index contributed by atoms with van der Waals surface area (Å²) in [6, 6.07) is 7.73. The van der Waals surface area contributed by atoms with Crippen LogP contribution in [0.3, 0.4) is 0 Å². The van der Waals surface area contributed by atoms with E-state index < -0.39 is 16.0 Å². The molecule has 1 N–H and O–H groups in total. The first-order chi connectivity index (χ1) is 9.37. The van der Waals surface area contributed by atoms with Crippen molar-refractivity contribution >= 4 is 22.1 Å². The van der Waals surface area contributed by atoms with Crippen LogP contribution >= 0.6 is 0 Å².